The van der Waals surface area contributed by atoms with Gasteiger partial charge in [-0.1, -0.05) is 24.9 Å². The number of piperidine rings is 1. The number of carboxylic acids is 1. The number of hydrogen-bond acceptors (Lipinski definition) is 5. The topological polar surface area (TPSA) is 86.7 Å². The largest absolute Gasteiger partial charge is 0.477 e. The highest BCUT2D eigenvalue weighted by atomic mass is 35.5. The average Bonchev–Trinajstić information content (AvgIpc) is 2.89. The second-order valence-electron chi connectivity index (χ2n) is 5.18. The minimum atomic E-state index is -3.88. The summed E-state index contributed by atoms with van der Waals surface area (Å²) in [6.07, 6.45) is 3.14. The van der Waals surface area contributed by atoms with Crippen molar-refractivity contribution in [1.82, 2.24) is 9.62 Å². The summed E-state index contributed by atoms with van der Waals surface area (Å²) in [7, 11) is -3.88. The van der Waals surface area contributed by atoms with Crippen molar-refractivity contribution in [1.29, 1.82) is 0 Å². The number of carbonyl (C=O) groups is 1. The van der Waals surface area contributed by atoms with Crippen molar-refractivity contribution in [3.8, 4) is 0 Å². The zero-order chi connectivity index (χ0) is 16.3. The van der Waals surface area contributed by atoms with Crippen LogP contribution in [0.1, 0.15) is 35.9 Å². The SMILES string of the molecule is CCN1CCCCC1CNS(=O)(=O)c1cc(Cl)sc1C(=O)O. The van der Waals surface area contributed by atoms with E-state index < -0.39 is 16.0 Å². The molecule has 0 aliphatic carbocycles. The number of aromatic carboxylic acids is 1. The molecule has 1 aromatic heterocycles. The van der Waals surface area contributed by atoms with Crippen LogP contribution in [0.3, 0.4) is 0 Å². The van der Waals surface area contributed by atoms with E-state index in [0.29, 0.717) is 0 Å². The van der Waals surface area contributed by atoms with Gasteiger partial charge in [0.25, 0.3) is 0 Å². The summed E-state index contributed by atoms with van der Waals surface area (Å²) in [6.45, 7) is 4.17. The van der Waals surface area contributed by atoms with Crippen LogP contribution in [-0.4, -0.2) is 50.1 Å². The second-order valence-corrected chi connectivity index (χ2v) is 8.60. The molecular formula is C13H19ClN2O4S2. The Morgan fingerprint density at radius 2 is 2.27 bits per heavy atom. The maximum absolute atomic E-state index is 12.4. The molecule has 124 valence electrons. The van der Waals surface area contributed by atoms with E-state index in [9.17, 15) is 13.2 Å². The number of nitrogens with zero attached hydrogens (tertiary/aromatic N) is 1. The molecule has 2 heterocycles. The lowest BCUT2D eigenvalue weighted by Crippen LogP contribution is -2.46. The van der Waals surface area contributed by atoms with Gasteiger partial charge in [-0.3, -0.25) is 4.90 Å². The quantitative estimate of drug-likeness (QED) is 0.806. The molecule has 1 aliphatic heterocycles. The Labute approximate surface area is 139 Å². The monoisotopic (exact) mass is 366 g/mol. The van der Waals surface area contributed by atoms with E-state index >= 15 is 0 Å². The van der Waals surface area contributed by atoms with Crippen LogP contribution >= 0.6 is 22.9 Å². The second kappa shape index (κ2) is 7.27. The van der Waals surface area contributed by atoms with E-state index in [1.54, 1.807) is 0 Å². The first-order valence-corrected chi connectivity index (χ1v) is 9.79. The van der Waals surface area contributed by atoms with Gasteiger partial charge in [-0.2, -0.15) is 0 Å². The molecular weight excluding hydrogens is 348 g/mol. The number of hydrogen-bond donors (Lipinski definition) is 2. The summed E-state index contributed by atoms with van der Waals surface area (Å²) in [4.78, 5) is 12.9. The van der Waals surface area contributed by atoms with Gasteiger partial charge in [0.15, 0.2) is 0 Å². The lowest BCUT2D eigenvalue weighted by atomic mass is 10.0. The van der Waals surface area contributed by atoms with Crippen LogP contribution in [-0.2, 0) is 10.0 Å². The maximum atomic E-state index is 12.4. The molecule has 22 heavy (non-hydrogen) atoms. The van der Waals surface area contributed by atoms with Crippen molar-refractivity contribution < 1.29 is 18.3 Å². The Kier molecular flexibility index (Phi) is 5.84. The molecule has 1 aliphatic rings. The van der Waals surface area contributed by atoms with Crippen LogP contribution in [0.4, 0.5) is 0 Å². The van der Waals surface area contributed by atoms with Gasteiger partial charge in [0.1, 0.15) is 9.77 Å². The van der Waals surface area contributed by atoms with Crippen molar-refractivity contribution in [2.45, 2.75) is 37.1 Å². The highest BCUT2D eigenvalue weighted by Gasteiger charge is 2.28. The standard InChI is InChI=1S/C13H19ClN2O4S2/c1-2-16-6-4-3-5-9(16)8-15-22(19,20)10-7-11(14)21-12(10)13(17)18/h7,9,15H,2-6,8H2,1H3,(H,17,18). The van der Waals surface area contributed by atoms with Crippen molar-refractivity contribution in [3.05, 3.63) is 15.3 Å². The fourth-order valence-corrected chi connectivity index (χ4v) is 5.41. The third kappa shape index (κ3) is 3.99. The fourth-order valence-electron chi connectivity index (χ4n) is 2.69. The number of nitrogens with one attached hydrogen (secondary N) is 1. The highest BCUT2D eigenvalue weighted by molar-refractivity contribution is 7.89. The molecule has 6 nitrogen and oxygen atoms in total. The van der Waals surface area contributed by atoms with Crippen LogP contribution in [0.5, 0.6) is 0 Å². The third-order valence-corrected chi connectivity index (χ3v) is 6.64. The van der Waals surface area contributed by atoms with E-state index in [1.165, 1.54) is 6.07 Å². The Morgan fingerprint density at radius 3 is 2.91 bits per heavy atom. The Morgan fingerprint density at radius 1 is 1.55 bits per heavy atom. The molecule has 0 saturated carbocycles. The van der Waals surface area contributed by atoms with Crippen molar-refractivity contribution in [2.24, 2.45) is 0 Å². The number of likely N-dealkylation sites (N-methyl/N-ethyl adjacent to an activating group) is 1. The maximum Gasteiger partial charge on any atom is 0.347 e. The average molecular weight is 367 g/mol. The number of thiophene rings is 1. The molecule has 1 aromatic rings. The molecule has 0 radical (unpaired) electrons. The van der Waals surface area contributed by atoms with Crippen LogP contribution in [0.25, 0.3) is 0 Å². The zero-order valence-electron chi connectivity index (χ0n) is 12.2. The Balaban J connectivity index is 2.13. The van der Waals surface area contributed by atoms with Crippen molar-refractivity contribution in [3.63, 3.8) is 0 Å². The normalized spacial score (nSPS) is 20.2. The Hall–Kier alpha value is -0.670. The smallest absolute Gasteiger partial charge is 0.347 e. The summed E-state index contributed by atoms with van der Waals surface area (Å²) >= 11 is 6.52. The Bertz CT molecular complexity index is 644. The van der Waals surface area contributed by atoms with Crippen LogP contribution in [0, 0.1) is 0 Å². The van der Waals surface area contributed by atoms with Crippen molar-refractivity contribution >= 4 is 38.9 Å². The molecule has 1 atom stereocenters. The highest BCUT2D eigenvalue weighted by Crippen LogP contribution is 2.30. The van der Waals surface area contributed by atoms with Crippen LogP contribution in [0.15, 0.2) is 11.0 Å². The van der Waals surface area contributed by atoms with Gasteiger partial charge in [0.2, 0.25) is 10.0 Å². The van der Waals surface area contributed by atoms with E-state index in [0.717, 1.165) is 43.7 Å². The minimum Gasteiger partial charge on any atom is -0.477 e. The zero-order valence-corrected chi connectivity index (χ0v) is 14.6. The molecule has 2 rings (SSSR count). The molecule has 0 amide bonds. The summed E-state index contributed by atoms with van der Waals surface area (Å²) in [6, 6.07) is 1.34. The van der Waals surface area contributed by atoms with Gasteiger partial charge >= 0.3 is 5.97 Å². The first kappa shape index (κ1) is 17.7. The summed E-state index contributed by atoms with van der Waals surface area (Å²) in [5.41, 5.74) is 0. The summed E-state index contributed by atoms with van der Waals surface area (Å²) in [5, 5.41) is 9.09. The van der Waals surface area contributed by atoms with E-state index in [1.807, 2.05) is 6.92 Å². The minimum absolute atomic E-state index is 0.144. The molecule has 1 fully saturated rings. The molecule has 1 unspecified atom stereocenters. The predicted molar refractivity (Wildman–Crippen MR) is 86.4 cm³/mol. The van der Waals surface area contributed by atoms with Crippen molar-refractivity contribution in [2.75, 3.05) is 19.6 Å². The van der Waals surface area contributed by atoms with Gasteiger partial charge in [-0.25, -0.2) is 17.9 Å². The van der Waals surface area contributed by atoms with E-state index in [-0.39, 0.29) is 26.7 Å². The molecule has 0 bridgehead atoms. The number of sulfonamides is 1. The number of carboxylic acid groups (broad SMARTS) is 1. The van der Waals surface area contributed by atoms with E-state index in [2.05, 4.69) is 9.62 Å². The van der Waals surface area contributed by atoms with Gasteiger partial charge in [0.05, 0.1) is 4.34 Å². The molecule has 0 spiro atoms. The van der Waals surface area contributed by atoms with Gasteiger partial charge in [-0.05, 0) is 32.0 Å². The van der Waals surface area contributed by atoms with Crippen LogP contribution < -0.4 is 4.72 Å². The molecule has 9 heteroatoms. The number of likely N-dealkylation sites (tertiary alicyclic amines) is 1. The van der Waals surface area contributed by atoms with E-state index in [4.69, 9.17) is 16.7 Å². The van der Waals surface area contributed by atoms with Crippen LogP contribution in [0.2, 0.25) is 4.34 Å². The first-order valence-electron chi connectivity index (χ1n) is 7.11. The number of rotatable bonds is 6. The third-order valence-electron chi connectivity index (χ3n) is 3.82. The summed E-state index contributed by atoms with van der Waals surface area (Å²) in [5.74, 6) is -1.29. The summed E-state index contributed by atoms with van der Waals surface area (Å²) < 4.78 is 27.4. The molecule has 1 saturated heterocycles. The fraction of sp³-hybridized carbons (Fsp3) is 0.615. The lowest BCUT2D eigenvalue weighted by Gasteiger charge is -2.34. The van der Waals surface area contributed by atoms with Gasteiger partial charge in [0, 0.05) is 12.6 Å². The molecule has 0 aromatic carbocycles. The van der Waals surface area contributed by atoms with Gasteiger partial charge < -0.3 is 5.11 Å². The lowest BCUT2D eigenvalue weighted by molar-refractivity contribution is 0.0698. The predicted octanol–water partition coefficient (Wildman–Crippen LogP) is 2.25. The first-order chi connectivity index (χ1) is 10.3. The molecule has 2 N–H and O–H groups in total. The van der Waals surface area contributed by atoms with Gasteiger partial charge in [-0.15, -0.1) is 11.3 Å². The number of halogens is 1.